The summed E-state index contributed by atoms with van der Waals surface area (Å²) >= 11 is 0. The number of ketones is 2. The predicted octanol–water partition coefficient (Wildman–Crippen LogP) is 3.58. The minimum Gasteiger partial charge on any atom is -0.508 e. The molecule has 3 atom stereocenters. The Labute approximate surface area is 157 Å². The van der Waals surface area contributed by atoms with Crippen LogP contribution in [0, 0.1) is 23.7 Å². The Bertz CT molecular complexity index is 547. The highest BCUT2D eigenvalue weighted by atomic mass is 16.4. The average Bonchev–Trinajstić information content (AvgIpc) is 2.69. The van der Waals surface area contributed by atoms with Gasteiger partial charge in [0, 0.05) is 6.42 Å². The monoisotopic (exact) mass is 368 g/mol. The molecule has 0 aliphatic heterocycles. The molecular formula is C21H36O5. The molecule has 0 amide bonds. The Morgan fingerprint density at radius 2 is 1.54 bits per heavy atom. The van der Waals surface area contributed by atoms with E-state index in [2.05, 4.69) is 0 Å². The highest BCUT2D eigenvalue weighted by Crippen LogP contribution is 2.44. The van der Waals surface area contributed by atoms with Crippen LogP contribution >= 0.6 is 0 Å². The molecule has 3 unspecified atom stereocenters. The molecule has 3 N–H and O–H groups in total. The summed E-state index contributed by atoms with van der Waals surface area (Å²) in [6.45, 7) is 11.7. The molecular weight excluding hydrogens is 332 g/mol. The standard InChI is InChI=1S/C21H36O5/c1-12(2)7-9-15-19(24)18(16(22)11-14(5)6)20(25)21(15,26)17(23)10-8-13(3)4/h12-15,17,23,25-26H,7-11H2,1-6H3. The van der Waals surface area contributed by atoms with Crippen molar-refractivity contribution in [2.24, 2.45) is 23.7 Å². The van der Waals surface area contributed by atoms with E-state index in [-0.39, 0.29) is 24.3 Å². The van der Waals surface area contributed by atoms with Crippen LogP contribution in [-0.4, -0.2) is 38.6 Å². The first-order valence-corrected chi connectivity index (χ1v) is 9.84. The Hall–Kier alpha value is -1.20. The van der Waals surface area contributed by atoms with Crippen molar-refractivity contribution in [3.8, 4) is 0 Å². The summed E-state index contributed by atoms with van der Waals surface area (Å²) in [6, 6.07) is 0. The third-order valence-corrected chi connectivity index (χ3v) is 5.14. The van der Waals surface area contributed by atoms with Crippen LogP contribution in [0.1, 0.15) is 73.6 Å². The summed E-state index contributed by atoms with van der Waals surface area (Å²) in [5.41, 5.74) is -2.37. The lowest BCUT2D eigenvalue weighted by Gasteiger charge is -2.34. The van der Waals surface area contributed by atoms with Crippen LogP contribution in [-0.2, 0) is 9.59 Å². The van der Waals surface area contributed by atoms with E-state index in [1.54, 1.807) is 0 Å². The first-order chi connectivity index (χ1) is 11.9. The van der Waals surface area contributed by atoms with Gasteiger partial charge in [-0.05, 0) is 37.0 Å². The number of carbonyl (C=O) groups is 2. The number of hydrogen-bond donors (Lipinski definition) is 3. The zero-order valence-electron chi connectivity index (χ0n) is 17.1. The van der Waals surface area contributed by atoms with E-state index in [9.17, 15) is 24.9 Å². The lowest BCUT2D eigenvalue weighted by Crippen LogP contribution is -2.49. The van der Waals surface area contributed by atoms with Crippen molar-refractivity contribution in [2.45, 2.75) is 85.4 Å². The second-order valence-electron chi connectivity index (χ2n) is 8.95. The number of aliphatic hydroxyl groups excluding tert-OH is 2. The fourth-order valence-corrected chi connectivity index (χ4v) is 3.55. The van der Waals surface area contributed by atoms with Gasteiger partial charge in [-0.2, -0.15) is 0 Å². The van der Waals surface area contributed by atoms with Gasteiger partial charge in [-0.1, -0.05) is 48.0 Å². The quantitative estimate of drug-likeness (QED) is 0.512. The molecule has 0 aromatic rings. The molecule has 1 aliphatic carbocycles. The minimum atomic E-state index is -2.07. The first kappa shape index (κ1) is 22.8. The molecule has 0 spiro atoms. The fourth-order valence-electron chi connectivity index (χ4n) is 3.55. The fraction of sp³-hybridized carbons (Fsp3) is 0.810. The summed E-state index contributed by atoms with van der Waals surface area (Å²) < 4.78 is 0. The second kappa shape index (κ2) is 9.14. The van der Waals surface area contributed by atoms with Crippen LogP contribution in [0.15, 0.2) is 11.3 Å². The summed E-state index contributed by atoms with van der Waals surface area (Å²) in [5, 5.41) is 32.5. The first-order valence-electron chi connectivity index (χ1n) is 9.84. The van der Waals surface area contributed by atoms with Crippen molar-refractivity contribution in [2.75, 3.05) is 0 Å². The number of Topliss-reactive ketones (excluding diaryl/α,β-unsaturated/α-hetero) is 2. The largest absolute Gasteiger partial charge is 0.508 e. The molecule has 0 radical (unpaired) electrons. The van der Waals surface area contributed by atoms with Crippen LogP contribution in [0.25, 0.3) is 0 Å². The van der Waals surface area contributed by atoms with Crippen molar-refractivity contribution in [1.29, 1.82) is 0 Å². The van der Waals surface area contributed by atoms with Crippen molar-refractivity contribution in [3.05, 3.63) is 11.3 Å². The van der Waals surface area contributed by atoms with Crippen LogP contribution in [0.3, 0.4) is 0 Å². The van der Waals surface area contributed by atoms with Gasteiger partial charge in [-0.3, -0.25) is 9.59 Å². The van der Waals surface area contributed by atoms with Gasteiger partial charge in [-0.25, -0.2) is 0 Å². The Morgan fingerprint density at radius 3 is 2.00 bits per heavy atom. The third kappa shape index (κ3) is 4.95. The van der Waals surface area contributed by atoms with Crippen molar-refractivity contribution in [3.63, 3.8) is 0 Å². The molecule has 0 heterocycles. The number of aliphatic hydroxyl groups is 3. The lowest BCUT2D eigenvalue weighted by molar-refractivity contribution is -0.137. The van der Waals surface area contributed by atoms with Crippen LogP contribution < -0.4 is 0 Å². The van der Waals surface area contributed by atoms with Crippen molar-refractivity contribution >= 4 is 11.6 Å². The summed E-state index contributed by atoms with van der Waals surface area (Å²) in [6.07, 6.45) is 0.741. The maximum Gasteiger partial charge on any atom is 0.176 e. The molecule has 0 saturated heterocycles. The number of rotatable bonds is 10. The lowest BCUT2D eigenvalue weighted by atomic mass is 9.78. The van der Waals surface area contributed by atoms with Gasteiger partial charge in [-0.15, -0.1) is 0 Å². The maximum atomic E-state index is 12.9. The molecule has 0 bridgehead atoms. The van der Waals surface area contributed by atoms with Gasteiger partial charge in [0.05, 0.1) is 12.0 Å². The highest BCUT2D eigenvalue weighted by molar-refractivity contribution is 6.23. The van der Waals surface area contributed by atoms with Crippen molar-refractivity contribution in [1.82, 2.24) is 0 Å². The zero-order valence-corrected chi connectivity index (χ0v) is 17.1. The molecule has 0 aromatic carbocycles. The van der Waals surface area contributed by atoms with Gasteiger partial charge in [0.25, 0.3) is 0 Å². The molecule has 150 valence electrons. The summed E-state index contributed by atoms with van der Waals surface area (Å²) in [7, 11) is 0. The Morgan fingerprint density at radius 1 is 1.00 bits per heavy atom. The summed E-state index contributed by atoms with van der Waals surface area (Å²) in [5.74, 6) is -1.94. The second-order valence-corrected chi connectivity index (χ2v) is 8.95. The van der Waals surface area contributed by atoms with Gasteiger partial charge < -0.3 is 15.3 Å². The Kier molecular flexibility index (Phi) is 8.03. The molecule has 0 saturated carbocycles. The van der Waals surface area contributed by atoms with E-state index in [1.165, 1.54) is 0 Å². The van der Waals surface area contributed by atoms with Crippen LogP contribution in [0.2, 0.25) is 0 Å². The molecule has 0 fully saturated rings. The molecule has 0 aromatic heterocycles. The van der Waals surface area contributed by atoms with Crippen LogP contribution in [0.4, 0.5) is 0 Å². The molecule has 5 nitrogen and oxygen atoms in total. The van der Waals surface area contributed by atoms with Crippen molar-refractivity contribution < 1.29 is 24.9 Å². The molecule has 5 heteroatoms. The van der Waals surface area contributed by atoms with Gasteiger partial charge in [0.15, 0.2) is 17.2 Å². The van der Waals surface area contributed by atoms with E-state index >= 15 is 0 Å². The molecule has 1 aliphatic rings. The van der Waals surface area contributed by atoms with E-state index in [0.717, 1.165) is 0 Å². The normalized spacial score (nSPS) is 25.0. The van der Waals surface area contributed by atoms with Gasteiger partial charge >= 0.3 is 0 Å². The van der Waals surface area contributed by atoms with E-state index < -0.39 is 34.9 Å². The minimum absolute atomic E-state index is 0.0317. The van der Waals surface area contributed by atoms with E-state index in [0.29, 0.717) is 31.1 Å². The molecule has 26 heavy (non-hydrogen) atoms. The SMILES string of the molecule is CC(C)CCC(O)C1(O)C(O)=C(C(=O)CC(C)C)C(=O)C1CCC(C)C. The average molecular weight is 369 g/mol. The third-order valence-electron chi connectivity index (χ3n) is 5.14. The number of hydrogen-bond acceptors (Lipinski definition) is 5. The zero-order chi connectivity index (χ0) is 20.2. The van der Waals surface area contributed by atoms with E-state index in [1.807, 2.05) is 41.5 Å². The number of allylic oxidation sites excluding steroid dienone is 1. The number of carbonyl (C=O) groups excluding carboxylic acids is 2. The van der Waals surface area contributed by atoms with E-state index in [4.69, 9.17) is 0 Å². The Balaban J connectivity index is 3.24. The predicted molar refractivity (Wildman–Crippen MR) is 102 cm³/mol. The smallest absolute Gasteiger partial charge is 0.176 e. The topological polar surface area (TPSA) is 94.8 Å². The highest BCUT2D eigenvalue weighted by Gasteiger charge is 2.58. The summed E-state index contributed by atoms with van der Waals surface area (Å²) in [4.78, 5) is 25.4. The van der Waals surface area contributed by atoms with Gasteiger partial charge in [0.1, 0.15) is 11.3 Å². The molecule has 1 rings (SSSR count). The van der Waals surface area contributed by atoms with Gasteiger partial charge in [0.2, 0.25) is 0 Å². The van der Waals surface area contributed by atoms with Crippen LogP contribution in [0.5, 0.6) is 0 Å². The maximum absolute atomic E-state index is 12.9.